The van der Waals surface area contributed by atoms with Gasteiger partial charge in [-0.2, -0.15) is 5.10 Å². The summed E-state index contributed by atoms with van der Waals surface area (Å²) in [6, 6.07) is 8.52. The van der Waals surface area contributed by atoms with Gasteiger partial charge in [0.2, 0.25) is 0 Å². The van der Waals surface area contributed by atoms with Gasteiger partial charge in [-0.25, -0.2) is 0 Å². The van der Waals surface area contributed by atoms with Gasteiger partial charge in [-0.3, -0.25) is 4.68 Å². The molecule has 20 heavy (non-hydrogen) atoms. The van der Waals surface area contributed by atoms with Gasteiger partial charge < -0.3 is 5.32 Å². The Morgan fingerprint density at radius 2 is 2.00 bits per heavy atom. The Hall–Kier alpha value is -1.35. The molecule has 110 valence electrons. The van der Waals surface area contributed by atoms with E-state index in [1.165, 1.54) is 23.0 Å². The van der Waals surface area contributed by atoms with E-state index in [4.69, 9.17) is 5.10 Å². The summed E-state index contributed by atoms with van der Waals surface area (Å²) >= 11 is 0. The van der Waals surface area contributed by atoms with Crippen LogP contribution in [0.4, 0.5) is 0 Å². The van der Waals surface area contributed by atoms with Gasteiger partial charge in [0, 0.05) is 12.4 Å². The monoisotopic (exact) mass is 273 g/mol. The van der Waals surface area contributed by atoms with Crippen molar-refractivity contribution in [2.24, 2.45) is 18.9 Å². The van der Waals surface area contributed by atoms with Gasteiger partial charge in [-0.05, 0) is 43.8 Å². The van der Waals surface area contributed by atoms with Gasteiger partial charge >= 0.3 is 0 Å². The molecule has 0 aliphatic heterocycles. The van der Waals surface area contributed by atoms with Crippen LogP contribution in [0.2, 0.25) is 0 Å². The average Bonchev–Trinajstić information content (AvgIpc) is 2.75. The van der Waals surface area contributed by atoms with Gasteiger partial charge in [0.1, 0.15) is 0 Å². The molecule has 0 radical (unpaired) electrons. The lowest BCUT2D eigenvalue weighted by Crippen LogP contribution is -2.28. The number of rotatable bonds is 7. The maximum Gasteiger partial charge on any atom is 0.0706 e. The number of para-hydroxylation sites is 1. The first kappa shape index (κ1) is 15.0. The summed E-state index contributed by atoms with van der Waals surface area (Å²) in [6.45, 7) is 9.01. The van der Waals surface area contributed by atoms with Crippen LogP contribution in [0, 0.1) is 11.8 Å². The second kappa shape index (κ2) is 6.89. The molecule has 0 bridgehead atoms. The predicted molar refractivity (Wildman–Crippen MR) is 85.9 cm³/mol. The Kier molecular flexibility index (Phi) is 5.18. The highest BCUT2D eigenvalue weighted by atomic mass is 15.3. The van der Waals surface area contributed by atoms with E-state index < -0.39 is 0 Å². The molecule has 0 aliphatic carbocycles. The molecular weight excluding hydrogens is 246 g/mol. The fourth-order valence-electron chi connectivity index (χ4n) is 2.70. The molecule has 3 heteroatoms. The van der Waals surface area contributed by atoms with Crippen molar-refractivity contribution in [1.82, 2.24) is 15.1 Å². The first-order valence-electron chi connectivity index (χ1n) is 7.74. The Morgan fingerprint density at radius 3 is 2.70 bits per heavy atom. The molecule has 0 spiro atoms. The van der Waals surface area contributed by atoms with Gasteiger partial charge in [0.15, 0.2) is 0 Å². The van der Waals surface area contributed by atoms with Gasteiger partial charge in [0.05, 0.1) is 11.2 Å². The Morgan fingerprint density at radius 1 is 1.25 bits per heavy atom. The number of nitrogens with one attached hydrogen (secondary N) is 1. The highest BCUT2D eigenvalue weighted by Crippen LogP contribution is 2.23. The van der Waals surface area contributed by atoms with Crippen LogP contribution in [0.5, 0.6) is 0 Å². The first-order chi connectivity index (χ1) is 9.63. The zero-order valence-corrected chi connectivity index (χ0v) is 13.2. The third kappa shape index (κ3) is 3.40. The van der Waals surface area contributed by atoms with Crippen molar-refractivity contribution >= 4 is 10.9 Å². The van der Waals surface area contributed by atoms with Crippen LogP contribution in [0.15, 0.2) is 24.3 Å². The van der Waals surface area contributed by atoms with Crippen LogP contribution < -0.4 is 5.32 Å². The molecule has 0 aliphatic rings. The summed E-state index contributed by atoms with van der Waals surface area (Å²) in [6.07, 6.45) is 2.24. The zero-order valence-electron chi connectivity index (χ0n) is 13.2. The maximum absolute atomic E-state index is 4.73. The second-order valence-electron chi connectivity index (χ2n) is 6.00. The molecule has 3 nitrogen and oxygen atoms in total. The fraction of sp³-hybridized carbons (Fsp3) is 0.588. The molecular formula is C17H27N3. The number of nitrogens with zero attached hydrogens (tertiary/aromatic N) is 2. The number of aryl methyl sites for hydroxylation is 1. The summed E-state index contributed by atoms with van der Waals surface area (Å²) < 4.78 is 2.00. The van der Waals surface area contributed by atoms with E-state index in [-0.39, 0.29) is 0 Å². The van der Waals surface area contributed by atoms with Crippen molar-refractivity contribution in [1.29, 1.82) is 0 Å². The Balaban J connectivity index is 2.16. The van der Waals surface area contributed by atoms with Crippen LogP contribution in [0.1, 0.15) is 32.9 Å². The molecule has 0 amide bonds. The lowest BCUT2D eigenvalue weighted by molar-refractivity contribution is 0.358. The molecule has 2 aromatic rings. The topological polar surface area (TPSA) is 29.9 Å². The molecule has 0 fully saturated rings. The minimum absolute atomic E-state index is 0.639. The summed E-state index contributed by atoms with van der Waals surface area (Å²) in [7, 11) is 2.03. The SMILES string of the molecule is CCCNCC(Cc1nn(C)c2ccccc12)C(C)C. The summed E-state index contributed by atoms with van der Waals surface area (Å²) in [5, 5.41) is 9.59. The highest BCUT2D eigenvalue weighted by molar-refractivity contribution is 5.81. The minimum atomic E-state index is 0.639. The largest absolute Gasteiger partial charge is 0.316 e. The first-order valence-corrected chi connectivity index (χ1v) is 7.74. The summed E-state index contributed by atoms with van der Waals surface area (Å²) in [5.74, 6) is 1.31. The molecule has 0 saturated carbocycles. The van der Waals surface area contributed by atoms with Crippen molar-refractivity contribution in [3.05, 3.63) is 30.0 Å². The Labute approximate surface area is 122 Å². The van der Waals surface area contributed by atoms with Crippen LogP contribution in [0.3, 0.4) is 0 Å². The molecule has 1 N–H and O–H groups in total. The van der Waals surface area contributed by atoms with Crippen molar-refractivity contribution < 1.29 is 0 Å². The molecule has 2 rings (SSSR count). The van der Waals surface area contributed by atoms with E-state index >= 15 is 0 Å². The van der Waals surface area contributed by atoms with Crippen LogP contribution in [-0.2, 0) is 13.5 Å². The van der Waals surface area contributed by atoms with Crippen LogP contribution >= 0.6 is 0 Å². The lowest BCUT2D eigenvalue weighted by Gasteiger charge is -2.20. The average molecular weight is 273 g/mol. The van der Waals surface area contributed by atoms with Crippen LogP contribution in [0.25, 0.3) is 10.9 Å². The molecule has 1 aromatic heterocycles. The normalized spacial score (nSPS) is 13.2. The number of hydrogen-bond donors (Lipinski definition) is 1. The molecule has 0 saturated heterocycles. The van der Waals surface area contributed by atoms with Crippen molar-refractivity contribution in [2.75, 3.05) is 13.1 Å². The quantitative estimate of drug-likeness (QED) is 0.784. The van der Waals surface area contributed by atoms with Crippen molar-refractivity contribution in [2.45, 2.75) is 33.6 Å². The van der Waals surface area contributed by atoms with E-state index in [0.717, 1.165) is 19.5 Å². The fourth-order valence-corrected chi connectivity index (χ4v) is 2.70. The molecule has 1 heterocycles. The van der Waals surface area contributed by atoms with Crippen molar-refractivity contribution in [3.63, 3.8) is 0 Å². The maximum atomic E-state index is 4.73. The predicted octanol–water partition coefficient (Wildman–Crippen LogP) is 3.39. The number of fused-ring (bicyclic) bond motifs is 1. The smallest absolute Gasteiger partial charge is 0.0706 e. The van der Waals surface area contributed by atoms with Gasteiger partial charge in [0.25, 0.3) is 0 Å². The molecule has 1 aromatic carbocycles. The van der Waals surface area contributed by atoms with Gasteiger partial charge in [-0.15, -0.1) is 0 Å². The second-order valence-corrected chi connectivity index (χ2v) is 6.00. The lowest BCUT2D eigenvalue weighted by atomic mass is 9.90. The minimum Gasteiger partial charge on any atom is -0.316 e. The van der Waals surface area contributed by atoms with E-state index in [9.17, 15) is 0 Å². The van der Waals surface area contributed by atoms with E-state index in [2.05, 4.69) is 50.4 Å². The van der Waals surface area contributed by atoms with Gasteiger partial charge in [-0.1, -0.05) is 39.0 Å². The number of hydrogen-bond acceptors (Lipinski definition) is 2. The van der Waals surface area contributed by atoms with E-state index in [1.807, 2.05) is 11.7 Å². The zero-order chi connectivity index (χ0) is 14.5. The number of benzene rings is 1. The van der Waals surface area contributed by atoms with Crippen LogP contribution in [-0.4, -0.2) is 22.9 Å². The summed E-state index contributed by atoms with van der Waals surface area (Å²) in [5.41, 5.74) is 2.46. The van der Waals surface area contributed by atoms with E-state index in [0.29, 0.717) is 11.8 Å². The highest BCUT2D eigenvalue weighted by Gasteiger charge is 2.17. The van der Waals surface area contributed by atoms with E-state index in [1.54, 1.807) is 0 Å². The molecule has 1 atom stereocenters. The standard InChI is InChI=1S/C17H27N3/c1-5-10-18-12-14(13(2)3)11-16-15-8-6-7-9-17(15)20(4)19-16/h6-9,13-14,18H,5,10-12H2,1-4H3. The molecule has 1 unspecified atom stereocenters. The van der Waals surface area contributed by atoms with Crippen molar-refractivity contribution in [3.8, 4) is 0 Å². The third-order valence-corrected chi connectivity index (χ3v) is 4.07. The number of aromatic nitrogens is 2. The summed E-state index contributed by atoms with van der Waals surface area (Å²) in [4.78, 5) is 0. The Bertz CT molecular complexity index is 542. The third-order valence-electron chi connectivity index (χ3n) is 4.07.